The molecule has 5 unspecified atom stereocenters. The lowest BCUT2D eigenvalue weighted by molar-refractivity contribution is 0.0973. The predicted molar refractivity (Wildman–Crippen MR) is 143 cm³/mol. The van der Waals surface area contributed by atoms with Gasteiger partial charge in [0.05, 0.1) is 41.7 Å². The number of hydrogen-bond acceptors (Lipinski definition) is 11. The van der Waals surface area contributed by atoms with E-state index in [1.165, 1.54) is 11.8 Å². The molecule has 0 saturated carbocycles. The SMILES string of the molecule is CC1OCC2(CCN(c3ncc(Sc4ccnc5c4OCC4CC(S(C)=O)CN54)nc3CO)CC2)C1N. The molecule has 3 N–H and O–H groups in total. The van der Waals surface area contributed by atoms with E-state index in [4.69, 9.17) is 25.2 Å². The molecule has 0 aromatic carbocycles. The first kappa shape index (κ1) is 25.3. The summed E-state index contributed by atoms with van der Waals surface area (Å²) in [6.07, 6.45) is 8.13. The van der Waals surface area contributed by atoms with Crippen LogP contribution in [0.25, 0.3) is 0 Å². The maximum absolute atomic E-state index is 12.1. The van der Waals surface area contributed by atoms with E-state index in [2.05, 4.69) is 21.7 Å². The van der Waals surface area contributed by atoms with Gasteiger partial charge in [-0.15, -0.1) is 0 Å². The van der Waals surface area contributed by atoms with Crippen LogP contribution in [-0.2, 0) is 22.1 Å². The van der Waals surface area contributed by atoms with Crippen molar-refractivity contribution in [1.29, 1.82) is 0 Å². The van der Waals surface area contributed by atoms with Crippen molar-refractivity contribution in [2.45, 2.75) is 66.2 Å². The minimum Gasteiger partial charge on any atom is -0.486 e. The molecule has 6 rings (SSSR count). The Hall–Kier alpha value is -1.99. The number of pyridine rings is 1. The summed E-state index contributed by atoms with van der Waals surface area (Å²) in [5.74, 6) is 2.26. The van der Waals surface area contributed by atoms with Gasteiger partial charge in [-0.3, -0.25) is 4.21 Å². The van der Waals surface area contributed by atoms with Crippen molar-refractivity contribution in [2.24, 2.45) is 11.1 Å². The molecule has 0 aliphatic carbocycles. The average Bonchev–Trinajstić information content (AvgIpc) is 3.47. The lowest BCUT2D eigenvalue weighted by atomic mass is 9.73. The summed E-state index contributed by atoms with van der Waals surface area (Å²) in [5, 5.41) is 11.0. The Labute approximate surface area is 223 Å². The standard InChI is InChI=1S/C25H34N6O4S2/c1-15-22(26)25(14-35-15)4-7-30(8-5-25)23-18(12-32)29-20(10-28-23)36-19-3-6-27-24-21(19)34-13-16-9-17(37(2)33)11-31(16)24/h3,6,10,15-17,22,32H,4-5,7-9,11-14,26H2,1-2H3. The highest BCUT2D eigenvalue weighted by Crippen LogP contribution is 2.45. The molecule has 1 spiro atoms. The van der Waals surface area contributed by atoms with Crippen LogP contribution in [0.4, 0.5) is 11.6 Å². The summed E-state index contributed by atoms with van der Waals surface area (Å²) >= 11 is 1.46. The lowest BCUT2D eigenvalue weighted by Crippen LogP contribution is -2.51. The number of anilines is 2. The molecule has 10 nitrogen and oxygen atoms in total. The number of ether oxygens (including phenoxy) is 2. The summed E-state index contributed by atoms with van der Waals surface area (Å²) in [6, 6.07) is 2.17. The fourth-order valence-corrected chi connectivity index (χ4v) is 7.85. The van der Waals surface area contributed by atoms with Crippen LogP contribution in [0.3, 0.4) is 0 Å². The molecule has 12 heteroatoms. The number of rotatable bonds is 5. The smallest absolute Gasteiger partial charge is 0.175 e. The number of aromatic nitrogens is 3. The Morgan fingerprint density at radius 2 is 2.11 bits per heavy atom. The van der Waals surface area contributed by atoms with E-state index in [1.807, 2.05) is 6.07 Å². The van der Waals surface area contributed by atoms with Crippen LogP contribution < -0.4 is 20.3 Å². The van der Waals surface area contributed by atoms with Crippen molar-refractivity contribution in [3.8, 4) is 5.75 Å². The highest BCUT2D eigenvalue weighted by atomic mass is 32.2. The van der Waals surface area contributed by atoms with Gasteiger partial charge in [0.25, 0.3) is 0 Å². The van der Waals surface area contributed by atoms with Crippen molar-refractivity contribution in [1.82, 2.24) is 15.0 Å². The summed E-state index contributed by atoms with van der Waals surface area (Å²) in [5.41, 5.74) is 7.07. The third-order valence-corrected chi connectivity index (χ3v) is 10.7. The van der Waals surface area contributed by atoms with Crippen LogP contribution in [0.2, 0.25) is 0 Å². The fraction of sp³-hybridized carbons (Fsp3) is 0.640. The number of piperidine rings is 1. The van der Waals surface area contributed by atoms with E-state index in [0.717, 1.165) is 61.2 Å². The van der Waals surface area contributed by atoms with Crippen molar-refractivity contribution >= 4 is 34.2 Å². The number of nitrogens with two attached hydrogens (primary N) is 1. The average molecular weight is 547 g/mol. The second kappa shape index (κ2) is 9.96. The van der Waals surface area contributed by atoms with Gasteiger partial charge in [-0.2, -0.15) is 0 Å². The highest BCUT2D eigenvalue weighted by Gasteiger charge is 2.48. The first-order valence-corrected chi connectivity index (χ1v) is 15.3. The number of aliphatic hydroxyl groups is 1. The Morgan fingerprint density at radius 1 is 1.30 bits per heavy atom. The van der Waals surface area contributed by atoms with Gasteiger partial charge in [0.2, 0.25) is 0 Å². The van der Waals surface area contributed by atoms with Crippen LogP contribution in [-0.4, -0.2) is 86.8 Å². The molecular formula is C25H34N6O4S2. The van der Waals surface area contributed by atoms with Crippen molar-refractivity contribution in [3.05, 3.63) is 24.2 Å². The van der Waals surface area contributed by atoms with Gasteiger partial charge in [0.1, 0.15) is 17.3 Å². The molecule has 200 valence electrons. The maximum Gasteiger partial charge on any atom is 0.175 e. The summed E-state index contributed by atoms with van der Waals surface area (Å²) in [7, 11) is -0.874. The zero-order chi connectivity index (χ0) is 25.7. The van der Waals surface area contributed by atoms with Crippen molar-refractivity contribution in [3.63, 3.8) is 0 Å². The molecule has 4 aliphatic heterocycles. The second-order valence-corrected chi connectivity index (χ2v) is 13.3. The Morgan fingerprint density at radius 3 is 2.81 bits per heavy atom. The van der Waals surface area contributed by atoms with Crippen LogP contribution >= 0.6 is 11.8 Å². The van der Waals surface area contributed by atoms with Gasteiger partial charge < -0.3 is 30.1 Å². The van der Waals surface area contributed by atoms with Gasteiger partial charge in [0, 0.05) is 54.3 Å². The Balaban J connectivity index is 1.19. The first-order chi connectivity index (χ1) is 17.9. The summed E-state index contributed by atoms with van der Waals surface area (Å²) < 4.78 is 24.1. The molecule has 5 atom stereocenters. The third-order valence-electron chi connectivity index (χ3n) is 8.46. The topological polar surface area (TPSA) is 127 Å². The normalized spacial score (nSPS) is 29.2. The monoisotopic (exact) mass is 546 g/mol. The largest absolute Gasteiger partial charge is 0.486 e. The Bertz CT molecular complexity index is 1190. The van der Waals surface area contributed by atoms with Crippen LogP contribution in [0.5, 0.6) is 5.75 Å². The van der Waals surface area contributed by atoms with Crippen LogP contribution in [0, 0.1) is 5.41 Å². The highest BCUT2D eigenvalue weighted by molar-refractivity contribution is 7.99. The molecule has 0 radical (unpaired) electrons. The number of hydrogen-bond donors (Lipinski definition) is 2. The van der Waals surface area contributed by atoms with Gasteiger partial charge in [-0.1, -0.05) is 11.8 Å². The first-order valence-electron chi connectivity index (χ1n) is 12.9. The third kappa shape index (κ3) is 4.50. The number of aliphatic hydroxyl groups excluding tert-OH is 1. The van der Waals surface area contributed by atoms with Crippen LogP contribution in [0.15, 0.2) is 28.4 Å². The molecule has 3 fully saturated rings. The van der Waals surface area contributed by atoms with Gasteiger partial charge in [-0.25, -0.2) is 15.0 Å². The molecule has 4 aliphatic rings. The zero-order valence-corrected chi connectivity index (χ0v) is 22.8. The molecule has 37 heavy (non-hydrogen) atoms. The van der Waals surface area contributed by atoms with E-state index in [9.17, 15) is 9.32 Å². The van der Waals surface area contributed by atoms with E-state index >= 15 is 0 Å². The number of nitrogens with zero attached hydrogens (tertiary/aromatic N) is 5. The van der Waals surface area contributed by atoms with Crippen LogP contribution in [0.1, 0.15) is 31.9 Å². The molecule has 2 aromatic heterocycles. The fourth-order valence-electron chi connectivity index (χ4n) is 6.12. The minimum atomic E-state index is -0.874. The molecular weight excluding hydrogens is 512 g/mol. The Kier molecular flexibility index (Phi) is 6.81. The maximum atomic E-state index is 12.1. The molecule has 3 saturated heterocycles. The molecule has 0 bridgehead atoms. The summed E-state index contributed by atoms with van der Waals surface area (Å²) in [4.78, 5) is 19.4. The van der Waals surface area contributed by atoms with E-state index in [0.29, 0.717) is 23.9 Å². The van der Waals surface area contributed by atoms with E-state index < -0.39 is 10.8 Å². The summed E-state index contributed by atoms with van der Waals surface area (Å²) in [6.45, 7) is 5.47. The zero-order valence-electron chi connectivity index (χ0n) is 21.2. The second-order valence-electron chi connectivity index (χ2n) is 10.6. The molecule has 2 aromatic rings. The van der Waals surface area contributed by atoms with E-state index in [1.54, 1.807) is 18.6 Å². The predicted octanol–water partition coefficient (Wildman–Crippen LogP) is 1.57. The van der Waals surface area contributed by atoms with Gasteiger partial charge in [-0.05, 0) is 32.3 Å². The van der Waals surface area contributed by atoms with E-state index in [-0.39, 0.29) is 35.5 Å². The molecule has 6 heterocycles. The minimum absolute atomic E-state index is 0.0273. The van der Waals surface area contributed by atoms with Gasteiger partial charge in [0.15, 0.2) is 17.4 Å². The van der Waals surface area contributed by atoms with Gasteiger partial charge >= 0.3 is 0 Å². The lowest BCUT2D eigenvalue weighted by Gasteiger charge is -2.41. The molecule has 0 amide bonds. The van der Waals surface area contributed by atoms with Crippen molar-refractivity contribution < 1.29 is 18.8 Å². The van der Waals surface area contributed by atoms with Crippen molar-refractivity contribution in [2.75, 3.05) is 48.9 Å². The number of fused-ring (bicyclic) bond motifs is 3. The quantitative estimate of drug-likeness (QED) is 0.567.